The molecule has 2 aromatic rings. The summed E-state index contributed by atoms with van der Waals surface area (Å²) in [5.74, 6) is 0. The van der Waals surface area contributed by atoms with Gasteiger partial charge in [-0.15, -0.1) is 15.3 Å². The molecular formula is C9H13N5S2. The fourth-order valence-electron chi connectivity index (χ4n) is 1.22. The summed E-state index contributed by atoms with van der Waals surface area (Å²) < 4.78 is 3.82. The van der Waals surface area contributed by atoms with E-state index in [-0.39, 0.29) is 6.04 Å². The minimum Gasteiger partial charge on any atom is -0.308 e. The van der Waals surface area contributed by atoms with E-state index in [0.717, 1.165) is 27.9 Å². The van der Waals surface area contributed by atoms with E-state index >= 15 is 0 Å². The summed E-state index contributed by atoms with van der Waals surface area (Å²) in [4.78, 5) is 0.978. The zero-order valence-corrected chi connectivity index (χ0v) is 10.8. The maximum atomic E-state index is 4.18. The first kappa shape index (κ1) is 11.6. The van der Waals surface area contributed by atoms with Gasteiger partial charge in [0, 0.05) is 0 Å². The van der Waals surface area contributed by atoms with Gasteiger partial charge in [0.15, 0.2) is 5.01 Å². The molecule has 16 heavy (non-hydrogen) atoms. The van der Waals surface area contributed by atoms with Gasteiger partial charge in [0.1, 0.15) is 9.88 Å². The van der Waals surface area contributed by atoms with Crippen LogP contribution in [0.15, 0.2) is 6.20 Å². The van der Waals surface area contributed by atoms with E-state index in [9.17, 15) is 0 Å². The highest BCUT2D eigenvalue weighted by Crippen LogP contribution is 2.27. The van der Waals surface area contributed by atoms with Gasteiger partial charge in [-0.1, -0.05) is 22.7 Å². The van der Waals surface area contributed by atoms with Crippen LogP contribution in [0.3, 0.4) is 0 Å². The van der Waals surface area contributed by atoms with Gasteiger partial charge in [0.05, 0.1) is 12.2 Å². The lowest BCUT2D eigenvalue weighted by Crippen LogP contribution is -2.18. The molecule has 0 saturated carbocycles. The van der Waals surface area contributed by atoms with Crippen molar-refractivity contribution < 1.29 is 0 Å². The minimum atomic E-state index is 0.257. The molecule has 0 amide bonds. The molecule has 0 radical (unpaired) electrons. The zero-order valence-electron chi connectivity index (χ0n) is 9.17. The van der Waals surface area contributed by atoms with Crippen LogP contribution in [0.5, 0.6) is 0 Å². The van der Waals surface area contributed by atoms with Crippen molar-refractivity contribution >= 4 is 22.9 Å². The second-order valence-electron chi connectivity index (χ2n) is 3.40. The molecule has 0 saturated heterocycles. The maximum Gasteiger partial charge on any atom is 0.161 e. The van der Waals surface area contributed by atoms with Crippen LogP contribution in [0, 0.1) is 0 Å². The average molecular weight is 255 g/mol. The van der Waals surface area contributed by atoms with Crippen LogP contribution in [0.4, 0.5) is 0 Å². The molecule has 0 fully saturated rings. The molecule has 2 rings (SSSR count). The average Bonchev–Trinajstić information content (AvgIpc) is 2.94. The first-order valence-electron chi connectivity index (χ1n) is 5.15. The van der Waals surface area contributed by atoms with Crippen LogP contribution in [0.1, 0.15) is 31.3 Å². The van der Waals surface area contributed by atoms with E-state index in [1.807, 2.05) is 0 Å². The second kappa shape index (κ2) is 5.42. The van der Waals surface area contributed by atoms with Gasteiger partial charge in [-0.25, -0.2) is 0 Å². The van der Waals surface area contributed by atoms with E-state index < -0.39 is 0 Å². The molecule has 1 N–H and O–H groups in total. The summed E-state index contributed by atoms with van der Waals surface area (Å²) in [6.45, 7) is 5.25. The normalized spacial score (nSPS) is 12.9. The van der Waals surface area contributed by atoms with Crippen molar-refractivity contribution in [2.24, 2.45) is 0 Å². The van der Waals surface area contributed by atoms with E-state index in [1.165, 1.54) is 11.5 Å². The predicted octanol–water partition coefficient (Wildman–Crippen LogP) is 2.12. The van der Waals surface area contributed by atoms with Gasteiger partial charge in [-0.2, -0.15) is 0 Å². The highest BCUT2D eigenvalue weighted by Gasteiger charge is 2.13. The molecule has 7 heteroatoms. The third-order valence-corrected chi connectivity index (χ3v) is 4.02. The fourth-order valence-corrected chi connectivity index (χ4v) is 2.63. The van der Waals surface area contributed by atoms with Gasteiger partial charge in [0.2, 0.25) is 0 Å². The predicted molar refractivity (Wildman–Crippen MR) is 65.5 cm³/mol. The lowest BCUT2D eigenvalue weighted by atomic mass is 10.3. The number of aromatic nitrogens is 4. The van der Waals surface area contributed by atoms with E-state index in [4.69, 9.17) is 0 Å². The van der Waals surface area contributed by atoms with Gasteiger partial charge >= 0.3 is 0 Å². The third kappa shape index (κ3) is 2.60. The highest BCUT2D eigenvalue weighted by atomic mass is 32.1. The molecule has 1 atom stereocenters. The van der Waals surface area contributed by atoms with Gasteiger partial charge in [-0.05, 0) is 31.4 Å². The Labute approximate surface area is 102 Å². The topological polar surface area (TPSA) is 63.6 Å². The van der Waals surface area contributed by atoms with Gasteiger partial charge in [-0.3, -0.25) is 0 Å². The van der Waals surface area contributed by atoms with E-state index in [0.29, 0.717) is 0 Å². The van der Waals surface area contributed by atoms with Crippen LogP contribution in [0.2, 0.25) is 0 Å². The fraction of sp³-hybridized carbons (Fsp3) is 0.556. The Balaban J connectivity index is 2.07. The molecule has 2 heterocycles. The van der Waals surface area contributed by atoms with Crippen LogP contribution in [-0.4, -0.2) is 26.3 Å². The second-order valence-corrected chi connectivity index (χ2v) is 5.20. The van der Waals surface area contributed by atoms with Crippen LogP contribution >= 0.6 is 22.9 Å². The Morgan fingerprint density at radius 2 is 2.31 bits per heavy atom. The van der Waals surface area contributed by atoms with Crippen molar-refractivity contribution in [2.45, 2.75) is 26.3 Å². The first-order valence-corrected chi connectivity index (χ1v) is 6.74. The van der Waals surface area contributed by atoms with Crippen LogP contribution in [-0.2, 0) is 0 Å². The number of hydrogen-bond donors (Lipinski definition) is 1. The van der Waals surface area contributed by atoms with Crippen molar-refractivity contribution in [3.8, 4) is 9.88 Å². The summed E-state index contributed by atoms with van der Waals surface area (Å²) in [6, 6.07) is 0.257. The highest BCUT2D eigenvalue weighted by molar-refractivity contribution is 7.19. The van der Waals surface area contributed by atoms with Crippen molar-refractivity contribution in [1.82, 2.24) is 25.1 Å². The summed E-state index contributed by atoms with van der Waals surface area (Å²) >= 11 is 2.94. The smallest absolute Gasteiger partial charge is 0.161 e. The molecule has 2 aromatic heterocycles. The minimum absolute atomic E-state index is 0.257. The molecule has 0 aromatic carbocycles. The molecular weight excluding hydrogens is 242 g/mol. The molecule has 1 unspecified atom stereocenters. The maximum absolute atomic E-state index is 4.18. The molecule has 86 valence electrons. The first-order chi connectivity index (χ1) is 7.81. The van der Waals surface area contributed by atoms with E-state index in [1.54, 1.807) is 17.5 Å². The lowest BCUT2D eigenvalue weighted by molar-refractivity contribution is 0.564. The standard InChI is InChI=1S/C9H13N5S2/c1-3-4-10-6(2)8-12-13-9(15-8)7-5-11-14-16-7/h5-6,10H,3-4H2,1-2H3. The monoisotopic (exact) mass is 255 g/mol. The van der Waals surface area contributed by atoms with Crippen molar-refractivity contribution in [3.05, 3.63) is 11.2 Å². The van der Waals surface area contributed by atoms with E-state index in [2.05, 4.69) is 38.9 Å². The summed E-state index contributed by atoms with van der Waals surface area (Å²) in [6.07, 6.45) is 2.84. The number of nitrogens with zero attached hydrogens (tertiary/aromatic N) is 4. The molecule has 0 aliphatic carbocycles. The summed E-state index contributed by atoms with van der Waals surface area (Å²) in [5, 5.41) is 17.4. The van der Waals surface area contributed by atoms with Crippen LogP contribution < -0.4 is 5.32 Å². The Kier molecular flexibility index (Phi) is 3.92. The zero-order chi connectivity index (χ0) is 11.4. The van der Waals surface area contributed by atoms with Gasteiger partial charge in [0.25, 0.3) is 0 Å². The number of rotatable bonds is 5. The Hall–Kier alpha value is -0.920. The molecule has 5 nitrogen and oxygen atoms in total. The molecule has 0 aliphatic heterocycles. The van der Waals surface area contributed by atoms with Crippen LogP contribution in [0.25, 0.3) is 9.88 Å². The third-order valence-electron chi connectivity index (χ3n) is 2.08. The Bertz CT molecular complexity index is 425. The summed E-state index contributed by atoms with van der Waals surface area (Å²) in [5.41, 5.74) is 0. The van der Waals surface area contributed by atoms with Crippen molar-refractivity contribution in [2.75, 3.05) is 6.54 Å². The molecule has 0 bridgehead atoms. The Morgan fingerprint density at radius 1 is 1.44 bits per heavy atom. The lowest BCUT2D eigenvalue weighted by Gasteiger charge is -2.08. The van der Waals surface area contributed by atoms with Gasteiger partial charge < -0.3 is 5.32 Å². The Morgan fingerprint density at radius 3 is 3.00 bits per heavy atom. The number of hydrogen-bond acceptors (Lipinski definition) is 7. The SMILES string of the molecule is CCCNC(C)c1nnc(-c2cnns2)s1. The number of nitrogens with one attached hydrogen (secondary N) is 1. The molecule has 0 spiro atoms. The summed E-state index contributed by atoms with van der Waals surface area (Å²) in [7, 11) is 0. The molecule has 0 aliphatic rings. The quantitative estimate of drug-likeness (QED) is 0.886. The largest absolute Gasteiger partial charge is 0.308 e. The van der Waals surface area contributed by atoms with Crippen molar-refractivity contribution in [1.29, 1.82) is 0 Å². The van der Waals surface area contributed by atoms with Crippen molar-refractivity contribution in [3.63, 3.8) is 0 Å².